The molecule has 2 aromatic rings. The monoisotopic (exact) mass is 277 g/mol. The lowest BCUT2D eigenvalue weighted by Crippen LogP contribution is -2.39. The van der Waals surface area contributed by atoms with Crippen LogP contribution in [0.5, 0.6) is 0 Å². The molecule has 0 fully saturated rings. The lowest BCUT2D eigenvalue weighted by molar-refractivity contribution is -0.144. The molecular formula is C14H15NO3S. The molecule has 1 N–H and O–H groups in total. The zero-order valence-electron chi connectivity index (χ0n) is 10.8. The minimum atomic E-state index is -0.641. The minimum Gasteiger partial charge on any atom is -0.464 e. The average molecular weight is 277 g/mol. The first kappa shape index (κ1) is 13.5. The summed E-state index contributed by atoms with van der Waals surface area (Å²) in [5.41, 5.74) is 0. The van der Waals surface area contributed by atoms with Gasteiger partial charge in [0, 0.05) is 4.70 Å². The Balaban J connectivity index is 2.09. The van der Waals surface area contributed by atoms with E-state index in [1.807, 2.05) is 30.3 Å². The van der Waals surface area contributed by atoms with E-state index >= 15 is 0 Å². The number of esters is 1. The Morgan fingerprint density at radius 3 is 2.79 bits per heavy atom. The summed E-state index contributed by atoms with van der Waals surface area (Å²) in [6, 6.07) is 8.97. The molecule has 1 aromatic carbocycles. The van der Waals surface area contributed by atoms with Gasteiger partial charge in [-0.05, 0) is 31.4 Å². The van der Waals surface area contributed by atoms with Crippen LogP contribution in [0.1, 0.15) is 23.5 Å². The number of carbonyl (C=O) groups excluding carboxylic acids is 2. The van der Waals surface area contributed by atoms with Crippen molar-refractivity contribution in [2.45, 2.75) is 19.9 Å². The summed E-state index contributed by atoms with van der Waals surface area (Å²) in [6.45, 7) is 3.66. The first-order valence-electron chi connectivity index (χ1n) is 6.08. The molecule has 1 aromatic heterocycles. The van der Waals surface area contributed by atoms with Crippen LogP contribution in [-0.4, -0.2) is 24.5 Å². The van der Waals surface area contributed by atoms with E-state index in [-0.39, 0.29) is 5.91 Å². The Labute approximate surface area is 115 Å². The van der Waals surface area contributed by atoms with E-state index in [4.69, 9.17) is 4.74 Å². The Morgan fingerprint density at radius 1 is 1.37 bits per heavy atom. The van der Waals surface area contributed by atoms with Gasteiger partial charge in [0.25, 0.3) is 5.91 Å². The van der Waals surface area contributed by atoms with Gasteiger partial charge in [0.05, 0.1) is 11.5 Å². The van der Waals surface area contributed by atoms with Crippen molar-refractivity contribution in [1.82, 2.24) is 5.32 Å². The van der Waals surface area contributed by atoms with Gasteiger partial charge in [0.15, 0.2) is 0 Å². The Hall–Kier alpha value is -1.88. The third-order valence-corrected chi connectivity index (χ3v) is 3.75. The second kappa shape index (κ2) is 5.84. The fourth-order valence-corrected chi connectivity index (χ4v) is 2.65. The van der Waals surface area contributed by atoms with Gasteiger partial charge < -0.3 is 10.1 Å². The van der Waals surface area contributed by atoms with Crippen LogP contribution in [0.25, 0.3) is 10.1 Å². The molecule has 1 unspecified atom stereocenters. The van der Waals surface area contributed by atoms with Gasteiger partial charge in [-0.3, -0.25) is 4.79 Å². The first-order valence-corrected chi connectivity index (χ1v) is 6.89. The summed E-state index contributed by atoms with van der Waals surface area (Å²) in [5.74, 6) is -0.668. The topological polar surface area (TPSA) is 55.4 Å². The fraction of sp³-hybridized carbons (Fsp3) is 0.286. The van der Waals surface area contributed by atoms with Gasteiger partial charge in [-0.2, -0.15) is 0 Å². The molecule has 2 rings (SSSR count). The van der Waals surface area contributed by atoms with Crippen LogP contribution in [0.15, 0.2) is 30.3 Å². The van der Waals surface area contributed by atoms with Crippen molar-refractivity contribution >= 4 is 33.3 Å². The number of carbonyl (C=O) groups is 2. The van der Waals surface area contributed by atoms with Crippen molar-refractivity contribution in [3.8, 4) is 0 Å². The molecule has 0 bridgehead atoms. The van der Waals surface area contributed by atoms with E-state index in [0.717, 1.165) is 10.1 Å². The summed E-state index contributed by atoms with van der Waals surface area (Å²) < 4.78 is 5.90. The van der Waals surface area contributed by atoms with Crippen molar-refractivity contribution in [2.24, 2.45) is 0 Å². The zero-order valence-corrected chi connectivity index (χ0v) is 11.6. The molecule has 0 saturated heterocycles. The molecule has 0 saturated carbocycles. The summed E-state index contributed by atoms with van der Waals surface area (Å²) >= 11 is 1.41. The van der Waals surface area contributed by atoms with Gasteiger partial charge in [0.1, 0.15) is 6.04 Å². The zero-order chi connectivity index (χ0) is 13.8. The van der Waals surface area contributed by atoms with Crippen LogP contribution in [0, 0.1) is 0 Å². The number of rotatable bonds is 4. The highest BCUT2D eigenvalue weighted by Gasteiger charge is 2.18. The fourth-order valence-electron chi connectivity index (χ4n) is 1.69. The standard InChI is InChI=1S/C14H15NO3S/c1-3-18-14(17)9(2)15-13(16)12-8-10-6-4-5-7-11(10)19-12/h4-9H,3H2,1-2H3,(H,15,16). The predicted octanol–water partition coefficient (Wildman–Crippen LogP) is 2.58. The number of hydrogen-bond acceptors (Lipinski definition) is 4. The molecule has 1 atom stereocenters. The average Bonchev–Trinajstić information content (AvgIpc) is 2.82. The lowest BCUT2D eigenvalue weighted by atomic mass is 10.2. The first-order chi connectivity index (χ1) is 9.11. The highest BCUT2D eigenvalue weighted by atomic mass is 32.1. The van der Waals surface area contributed by atoms with Crippen LogP contribution in [0.3, 0.4) is 0 Å². The molecule has 0 spiro atoms. The molecule has 1 heterocycles. The summed E-state index contributed by atoms with van der Waals surface area (Å²) in [4.78, 5) is 24.1. The molecule has 1 amide bonds. The number of ether oxygens (including phenoxy) is 1. The predicted molar refractivity (Wildman–Crippen MR) is 75.4 cm³/mol. The maximum atomic E-state index is 12.0. The SMILES string of the molecule is CCOC(=O)C(C)NC(=O)c1cc2ccccc2s1. The molecule has 0 radical (unpaired) electrons. The quantitative estimate of drug-likeness (QED) is 0.874. The van der Waals surface area contributed by atoms with Crippen molar-refractivity contribution in [3.63, 3.8) is 0 Å². The van der Waals surface area contributed by atoms with E-state index < -0.39 is 12.0 Å². The third kappa shape index (κ3) is 3.12. The second-order valence-corrected chi connectivity index (χ2v) is 5.18. The van der Waals surface area contributed by atoms with E-state index in [2.05, 4.69) is 5.32 Å². The van der Waals surface area contributed by atoms with Crippen LogP contribution in [0.4, 0.5) is 0 Å². The van der Waals surface area contributed by atoms with Crippen LogP contribution >= 0.6 is 11.3 Å². The number of benzene rings is 1. The molecule has 100 valence electrons. The Morgan fingerprint density at radius 2 is 2.11 bits per heavy atom. The van der Waals surface area contributed by atoms with Crippen molar-refractivity contribution < 1.29 is 14.3 Å². The lowest BCUT2D eigenvalue weighted by Gasteiger charge is -2.11. The molecule has 0 aliphatic rings. The Bertz CT molecular complexity index is 573. The largest absolute Gasteiger partial charge is 0.464 e. The maximum absolute atomic E-state index is 12.0. The normalized spacial score (nSPS) is 12.1. The number of nitrogens with one attached hydrogen (secondary N) is 1. The molecule has 4 nitrogen and oxygen atoms in total. The molecular weight excluding hydrogens is 262 g/mol. The van der Waals surface area contributed by atoms with Gasteiger partial charge in [0.2, 0.25) is 0 Å². The summed E-state index contributed by atoms with van der Waals surface area (Å²) in [6.07, 6.45) is 0. The highest BCUT2D eigenvalue weighted by Crippen LogP contribution is 2.25. The number of hydrogen-bond donors (Lipinski definition) is 1. The number of fused-ring (bicyclic) bond motifs is 1. The van der Waals surface area contributed by atoms with Crippen LogP contribution < -0.4 is 5.32 Å². The van der Waals surface area contributed by atoms with E-state index in [9.17, 15) is 9.59 Å². The van der Waals surface area contributed by atoms with E-state index in [0.29, 0.717) is 11.5 Å². The molecule has 19 heavy (non-hydrogen) atoms. The van der Waals surface area contributed by atoms with Crippen molar-refractivity contribution in [3.05, 3.63) is 35.2 Å². The third-order valence-electron chi connectivity index (χ3n) is 2.64. The molecule has 0 aliphatic carbocycles. The van der Waals surface area contributed by atoms with E-state index in [1.165, 1.54) is 11.3 Å². The second-order valence-electron chi connectivity index (χ2n) is 4.10. The van der Waals surface area contributed by atoms with Gasteiger partial charge >= 0.3 is 5.97 Å². The van der Waals surface area contributed by atoms with Crippen LogP contribution in [0.2, 0.25) is 0 Å². The number of amides is 1. The Kier molecular flexibility index (Phi) is 4.16. The molecule has 0 aliphatic heterocycles. The van der Waals surface area contributed by atoms with Gasteiger partial charge in [-0.1, -0.05) is 18.2 Å². The van der Waals surface area contributed by atoms with Gasteiger partial charge in [-0.15, -0.1) is 11.3 Å². The van der Waals surface area contributed by atoms with Crippen LogP contribution in [-0.2, 0) is 9.53 Å². The molecule has 5 heteroatoms. The number of thiophene rings is 1. The summed E-state index contributed by atoms with van der Waals surface area (Å²) in [7, 11) is 0. The summed E-state index contributed by atoms with van der Waals surface area (Å²) in [5, 5.41) is 3.67. The maximum Gasteiger partial charge on any atom is 0.328 e. The highest BCUT2D eigenvalue weighted by molar-refractivity contribution is 7.20. The minimum absolute atomic E-state index is 0.248. The van der Waals surface area contributed by atoms with Gasteiger partial charge in [-0.25, -0.2) is 4.79 Å². The van der Waals surface area contributed by atoms with E-state index in [1.54, 1.807) is 13.8 Å². The van der Waals surface area contributed by atoms with Crippen molar-refractivity contribution in [1.29, 1.82) is 0 Å². The van der Waals surface area contributed by atoms with Crippen molar-refractivity contribution in [2.75, 3.05) is 6.61 Å². The smallest absolute Gasteiger partial charge is 0.328 e.